The summed E-state index contributed by atoms with van der Waals surface area (Å²) in [6, 6.07) is 3.87. The molecule has 3 aromatic rings. The van der Waals surface area contributed by atoms with Crippen LogP contribution < -0.4 is 10.2 Å². The lowest BCUT2D eigenvalue weighted by atomic mass is 9.99. The monoisotopic (exact) mass is 425 g/mol. The van der Waals surface area contributed by atoms with Crippen LogP contribution in [-0.2, 0) is 16.1 Å². The van der Waals surface area contributed by atoms with Gasteiger partial charge in [-0.1, -0.05) is 6.07 Å². The molecule has 1 aliphatic heterocycles. The second-order valence-electron chi connectivity index (χ2n) is 7.64. The molecule has 0 unspecified atom stereocenters. The van der Waals surface area contributed by atoms with Gasteiger partial charge < -0.3 is 20.1 Å². The molecule has 0 bridgehead atoms. The number of hydrogen-bond donors (Lipinski definition) is 2. The molecule has 1 fully saturated rings. The Morgan fingerprint density at radius 1 is 1.32 bits per heavy atom. The molecule has 4 rings (SSSR count). The minimum atomic E-state index is -0.781. The van der Waals surface area contributed by atoms with Crippen molar-refractivity contribution in [2.75, 3.05) is 36.5 Å². The number of piperidine rings is 1. The van der Waals surface area contributed by atoms with Gasteiger partial charge in [0.15, 0.2) is 5.82 Å². The van der Waals surface area contributed by atoms with E-state index in [0.29, 0.717) is 55.8 Å². The van der Waals surface area contributed by atoms with Gasteiger partial charge in [-0.3, -0.25) is 9.48 Å². The molecule has 1 atom stereocenters. The van der Waals surface area contributed by atoms with Gasteiger partial charge in [0.05, 0.1) is 25.3 Å². The van der Waals surface area contributed by atoms with Crippen molar-refractivity contribution in [3.8, 4) is 0 Å². The number of hydrogen-bond acceptors (Lipinski definition) is 8. The fourth-order valence-electron chi connectivity index (χ4n) is 3.70. The average molecular weight is 425 g/mol. The third-order valence-electron chi connectivity index (χ3n) is 5.34. The van der Waals surface area contributed by atoms with Crippen LogP contribution in [0.1, 0.15) is 25.3 Å². The Labute approximate surface area is 180 Å². The van der Waals surface area contributed by atoms with Crippen LogP contribution in [0.25, 0.3) is 11.0 Å². The molecule has 0 saturated carbocycles. The SMILES string of the molecule is CCOCCn1ncc2nc(N3CCC[C@H](C(=O)O)C3)nc(Nc3ccc(C)cn3)c21. The minimum Gasteiger partial charge on any atom is -0.481 e. The first-order valence-corrected chi connectivity index (χ1v) is 10.5. The summed E-state index contributed by atoms with van der Waals surface area (Å²) in [6.45, 7) is 6.78. The molecule has 1 saturated heterocycles. The number of nitrogens with one attached hydrogen (secondary N) is 1. The van der Waals surface area contributed by atoms with Crippen molar-refractivity contribution < 1.29 is 14.6 Å². The maximum absolute atomic E-state index is 11.5. The third kappa shape index (κ3) is 4.74. The van der Waals surface area contributed by atoms with E-state index < -0.39 is 11.9 Å². The minimum absolute atomic E-state index is 0.390. The summed E-state index contributed by atoms with van der Waals surface area (Å²) in [6.07, 6.45) is 4.95. The molecule has 164 valence electrons. The highest BCUT2D eigenvalue weighted by atomic mass is 16.5. The van der Waals surface area contributed by atoms with Crippen molar-refractivity contribution in [1.29, 1.82) is 0 Å². The number of carboxylic acid groups (broad SMARTS) is 1. The molecule has 0 amide bonds. The first kappa shape index (κ1) is 21.0. The number of aliphatic carboxylic acids is 1. The molecule has 10 nitrogen and oxygen atoms in total. The number of fused-ring (bicyclic) bond motifs is 1. The lowest BCUT2D eigenvalue weighted by Gasteiger charge is -2.30. The first-order chi connectivity index (χ1) is 15.0. The molecule has 0 spiro atoms. The van der Waals surface area contributed by atoms with Crippen LogP contribution in [0.5, 0.6) is 0 Å². The Kier molecular flexibility index (Phi) is 6.26. The number of ether oxygens (including phenoxy) is 1. The smallest absolute Gasteiger partial charge is 0.308 e. The number of carboxylic acids is 1. The third-order valence-corrected chi connectivity index (χ3v) is 5.34. The van der Waals surface area contributed by atoms with E-state index in [1.165, 1.54) is 0 Å². The summed E-state index contributed by atoms with van der Waals surface area (Å²) in [5.41, 5.74) is 2.51. The summed E-state index contributed by atoms with van der Waals surface area (Å²) >= 11 is 0. The lowest BCUT2D eigenvalue weighted by Crippen LogP contribution is -2.39. The molecule has 0 aliphatic carbocycles. The van der Waals surface area contributed by atoms with E-state index in [-0.39, 0.29) is 0 Å². The largest absolute Gasteiger partial charge is 0.481 e. The van der Waals surface area contributed by atoms with Gasteiger partial charge in [-0.2, -0.15) is 10.1 Å². The average Bonchev–Trinajstić information content (AvgIpc) is 3.19. The van der Waals surface area contributed by atoms with Crippen LogP contribution in [0.3, 0.4) is 0 Å². The van der Waals surface area contributed by atoms with Gasteiger partial charge in [0.2, 0.25) is 5.95 Å². The predicted octanol–water partition coefficient (Wildman–Crippen LogP) is 2.61. The maximum atomic E-state index is 11.5. The Balaban J connectivity index is 1.71. The highest BCUT2D eigenvalue weighted by Crippen LogP contribution is 2.28. The van der Waals surface area contributed by atoms with Gasteiger partial charge >= 0.3 is 5.97 Å². The second-order valence-corrected chi connectivity index (χ2v) is 7.64. The number of anilines is 3. The highest BCUT2D eigenvalue weighted by Gasteiger charge is 2.28. The van der Waals surface area contributed by atoms with Crippen LogP contribution in [0.4, 0.5) is 17.6 Å². The van der Waals surface area contributed by atoms with Crippen molar-refractivity contribution in [3.63, 3.8) is 0 Å². The summed E-state index contributed by atoms with van der Waals surface area (Å²) in [4.78, 5) is 27.3. The molecule has 0 radical (unpaired) electrons. The van der Waals surface area contributed by atoms with Crippen molar-refractivity contribution in [1.82, 2.24) is 24.7 Å². The van der Waals surface area contributed by atoms with E-state index in [4.69, 9.17) is 14.7 Å². The molecule has 4 heterocycles. The Hall–Kier alpha value is -3.27. The van der Waals surface area contributed by atoms with E-state index >= 15 is 0 Å². The van der Waals surface area contributed by atoms with E-state index in [1.54, 1.807) is 12.4 Å². The number of carbonyl (C=O) groups is 1. The standard InChI is InChI=1S/C21H27N7O3/c1-3-31-10-9-28-18-16(12-23-28)24-21(27-8-4-5-15(13-27)20(29)30)26-19(18)25-17-7-6-14(2)11-22-17/h6-7,11-12,15H,3-5,8-10,13H2,1-2H3,(H,29,30)(H,22,24,25,26)/t15-/m0/s1. The van der Waals surface area contributed by atoms with Gasteiger partial charge in [0, 0.05) is 25.9 Å². The van der Waals surface area contributed by atoms with Crippen molar-refractivity contribution in [2.45, 2.75) is 33.2 Å². The van der Waals surface area contributed by atoms with E-state index in [0.717, 1.165) is 24.0 Å². The van der Waals surface area contributed by atoms with Crippen molar-refractivity contribution in [2.24, 2.45) is 5.92 Å². The fourth-order valence-corrected chi connectivity index (χ4v) is 3.70. The maximum Gasteiger partial charge on any atom is 0.308 e. The molecule has 10 heteroatoms. The van der Waals surface area contributed by atoms with Crippen LogP contribution in [0.15, 0.2) is 24.5 Å². The zero-order valence-electron chi connectivity index (χ0n) is 17.8. The number of rotatable bonds is 8. The quantitative estimate of drug-likeness (QED) is 0.525. The molecular weight excluding hydrogens is 398 g/mol. The van der Waals surface area contributed by atoms with Crippen LogP contribution in [-0.4, -0.2) is 62.1 Å². The van der Waals surface area contributed by atoms with Gasteiger partial charge in [-0.15, -0.1) is 0 Å². The van der Waals surface area contributed by atoms with Gasteiger partial charge in [-0.25, -0.2) is 9.97 Å². The summed E-state index contributed by atoms with van der Waals surface area (Å²) in [5, 5.41) is 17.2. The highest BCUT2D eigenvalue weighted by molar-refractivity contribution is 5.88. The zero-order chi connectivity index (χ0) is 21.8. The Bertz CT molecular complexity index is 1050. The number of aromatic nitrogens is 5. The summed E-state index contributed by atoms with van der Waals surface area (Å²) in [7, 11) is 0. The normalized spacial score (nSPS) is 16.6. The first-order valence-electron chi connectivity index (χ1n) is 10.5. The molecule has 2 N–H and O–H groups in total. The zero-order valence-corrected chi connectivity index (χ0v) is 17.8. The van der Waals surface area contributed by atoms with Crippen LogP contribution >= 0.6 is 0 Å². The van der Waals surface area contributed by atoms with Crippen LogP contribution in [0.2, 0.25) is 0 Å². The summed E-state index contributed by atoms with van der Waals surface area (Å²) in [5.74, 6) is 0.547. The number of aryl methyl sites for hydroxylation is 1. The topological polar surface area (TPSA) is 118 Å². The molecule has 0 aromatic carbocycles. The van der Waals surface area contributed by atoms with Crippen LogP contribution in [0, 0.1) is 12.8 Å². The predicted molar refractivity (Wildman–Crippen MR) is 117 cm³/mol. The lowest BCUT2D eigenvalue weighted by molar-refractivity contribution is -0.141. The fraction of sp³-hybridized carbons (Fsp3) is 0.476. The number of pyridine rings is 1. The van der Waals surface area contributed by atoms with E-state index in [1.807, 2.05) is 35.6 Å². The van der Waals surface area contributed by atoms with Crippen molar-refractivity contribution >= 4 is 34.6 Å². The number of nitrogens with zero attached hydrogens (tertiary/aromatic N) is 6. The van der Waals surface area contributed by atoms with Gasteiger partial charge in [-0.05, 0) is 38.3 Å². The molecule has 3 aromatic heterocycles. The molecular formula is C21H27N7O3. The Morgan fingerprint density at radius 2 is 2.19 bits per heavy atom. The molecule has 1 aliphatic rings. The summed E-state index contributed by atoms with van der Waals surface area (Å²) < 4.78 is 7.30. The molecule has 31 heavy (non-hydrogen) atoms. The van der Waals surface area contributed by atoms with E-state index in [2.05, 4.69) is 15.4 Å². The Morgan fingerprint density at radius 3 is 2.94 bits per heavy atom. The van der Waals surface area contributed by atoms with Gasteiger partial charge in [0.1, 0.15) is 16.9 Å². The van der Waals surface area contributed by atoms with Crippen molar-refractivity contribution in [3.05, 3.63) is 30.1 Å². The van der Waals surface area contributed by atoms with E-state index in [9.17, 15) is 9.90 Å². The van der Waals surface area contributed by atoms with Gasteiger partial charge in [0.25, 0.3) is 0 Å². The second kappa shape index (κ2) is 9.25.